The number of aryl methyl sites for hydroxylation is 2. The van der Waals surface area contributed by atoms with E-state index in [-0.39, 0.29) is 18.9 Å². The molecule has 3 rings (SSSR count). The van der Waals surface area contributed by atoms with Crippen LogP contribution in [0, 0.1) is 19.7 Å². The van der Waals surface area contributed by atoms with Gasteiger partial charge in [0, 0.05) is 42.0 Å². The maximum absolute atomic E-state index is 14.0. The van der Waals surface area contributed by atoms with Crippen molar-refractivity contribution < 1.29 is 9.18 Å². The van der Waals surface area contributed by atoms with Crippen LogP contribution in [0.25, 0.3) is 5.78 Å². The first-order valence-corrected chi connectivity index (χ1v) is 10.4. The van der Waals surface area contributed by atoms with Gasteiger partial charge in [0.05, 0.1) is 0 Å². The predicted octanol–water partition coefficient (Wildman–Crippen LogP) is 3.85. The van der Waals surface area contributed by atoms with Gasteiger partial charge in [0.1, 0.15) is 5.82 Å². The van der Waals surface area contributed by atoms with Crippen LogP contribution >= 0.6 is 23.4 Å². The second-order valence-corrected chi connectivity index (χ2v) is 7.70. The van der Waals surface area contributed by atoms with Crippen molar-refractivity contribution >= 4 is 35.0 Å². The van der Waals surface area contributed by atoms with Crippen molar-refractivity contribution in [3.63, 3.8) is 0 Å². The van der Waals surface area contributed by atoms with E-state index in [0.717, 1.165) is 17.0 Å². The number of aromatic nitrogens is 4. The molecule has 1 aromatic carbocycles. The summed E-state index contributed by atoms with van der Waals surface area (Å²) in [5.41, 5.74) is 3.04. The van der Waals surface area contributed by atoms with Gasteiger partial charge in [0.25, 0.3) is 5.78 Å². The molecule has 0 radical (unpaired) electrons. The fourth-order valence-corrected chi connectivity index (χ4v) is 3.63. The Kier molecular flexibility index (Phi) is 6.20. The molecule has 0 saturated heterocycles. The number of rotatable bonds is 6. The lowest BCUT2D eigenvalue weighted by Gasteiger charge is -2.19. The van der Waals surface area contributed by atoms with Crippen molar-refractivity contribution in [3.05, 3.63) is 51.6 Å². The second kappa shape index (κ2) is 8.45. The van der Waals surface area contributed by atoms with Gasteiger partial charge in [-0.2, -0.15) is 4.98 Å². The lowest BCUT2D eigenvalue weighted by Crippen LogP contribution is -2.27. The monoisotopic (exact) mass is 421 g/mol. The van der Waals surface area contributed by atoms with Gasteiger partial charge in [-0.1, -0.05) is 29.4 Å². The number of nitrogens with zero attached hydrogens (tertiary/aromatic N) is 5. The quantitative estimate of drug-likeness (QED) is 0.566. The Morgan fingerprint density at radius 2 is 2.04 bits per heavy atom. The number of amides is 1. The molecule has 2 heterocycles. The van der Waals surface area contributed by atoms with Gasteiger partial charge in [-0.15, -0.1) is 5.10 Å². The summed E-state index contributed by atoms with van der Waals surface area (Å²) >= 11 is 7.51. The number of benzene rings is 1. The zero-order valence-corrected chi connectivity index (χ0v) is 17.7. The second-order valence-electron chi connectivity index (χ2n) is 6.52. The average molecular weight is 422 g/mol. The van der Waals surface area contributed by atoms with E-state index in [1.54, 1.807) is 23.7 Å². The summed E-state index contributed by atoms with van der Waals surface area (Å²) in [5.74, 6) is 0.0478. The highest BCUT2D eigenvalue weighted by Crippen LogP contribution is 2.22. The molecule has 0 aliphatic heterocycles. The normalized spacial score (nSPS) is 11.2. The zero-order valence-electron chi connectivity index (χ0n) is 16.2. The summed E-state index contributed by atoms with van der Waals surface area (Å²) < 4.78 is 15.7. The van der Waals surface area contributed by atoms with Crippen molar-refractivity contribution in [1.29, 1.82) is 0 Å². The Morgan fingerprint density at radius 1 is 1.29 bits per heavy atom. The first kappa shape index (κ1) is 20.5. The predicted molar refractivity (Wildman–Crippen MR) is 108 cm³/mol. The van der Waals surface area contributed by atoms with Crippen LogP contribution < -0.4 is 0 Å². The van der Waals surface area contributed by atoms with Crippen LogP contribution in [0.5, 0.6) is 0 Å². The van der Waals surface area contributed by atoms with Gasteiger partial charge in [-0.25, -0.2) is 13.9 Å². The zero-order chi connectivity index (χ0) is 20.4. The van der Waals surface area contributed by atoms with Gasteiger partial charge in [-0.05, 0) is 44.2 Å². The molecule has 0 fully saturated rings. The maximum Gasteiger partial charge on any atom is 0.253 e. The highest BCUT2D eigenvalue weighted by atomic mass is 35.5. The highest BCUT2D eigenvalue weighted by molar-refractivity contribution is 7.98. The first-order chi connectivity index (χ1) is 13.3. The number of halogens is 2. The Labute approximate surface area is 172 Å². The average Bonchev–Trinajstić information content (AvgIpc) is 3.07. The molecule has 148 valence electrons. The largest absolute Gasteiger partial charge is 0.341 e. The molecule has 0 bridgehead atoms. The molecule has 0 saturated carbocycles. The van der Waals surface area contributed by atoms with Crippen LogP contribution in [0.3, 0.4) is 0 Å². The molecule has 0 N–H and O–H groups in total. The van der Waals surface area contributed by atoms with Crippen LogP contribution in [0.1, 0.15) is 28.9 Å². The van der Waals surface area contributed by atoms with E-state index in [9.17, 15) is 9.18 Å². The molecule has 0 aliphatic carbocycles. The maximum atomic E-state index is 14.0. The summed E-state index contributed by atoms with van der Waals surface area (Å²) in [7, 11) is 1.65. The minimum Gasteiger partial charge on any atom is -0.341 e. The van der Waals surface area contributed by atoms with E-state index in [1.807, 2.05) is 20.1 Å². The van der Waals surface area contributed by atoms with Gasteiger partial charge < -0.3 is 4.90 Å². The van der Waals surface area contributed by atoms with Crippen LogP contribution in [0.4, 0.5) is 4.39 Å². The third-order valence-electron chi connectivity index (χ3n) is 4.68. The Morgan fingerprint density at radius 3 is 2.71 bits per heavy atom. The minimum absolute atomic E-state index is 0.0957. The van der Waals surface area contributed by atoms with Gasteiger partial charge in [0.15, 0.2) is 0 Å². The topological polar surface area (TPSA) is 63.4 Å². The molecule has 0 atom stereocenters. The van der Waals surface area contributed by atoms with Crippen LogP contribution in [-0.2, 0) is 17.8 Å². The number of fused-ring (bicyclic) bond motifs is 1. The highest BCUT2D eigenvalue weighted by Gasteiger charge is 2.17. The van der Waals surface area contributed by atoms with Crippen molar-refractivity contribution in [2.45, 2.75) is 38.4 Å². The first-order valence-electron chi connectivity index (χ1n) is 8.75. The molecule has 2 aromatic heterocycles. The molecular formula is C19H21ClFN5OS. The Hall–Kier alpha value is -2.19. The lowest BCUT2D eigenvalue weighted by atomic mass is 10.1. The standard InChI is InChI=1S/C19H21ClFN5OS/c1-11-13(12(2)26-18(22-11)23-19(24-26)28-4)8-9-17(27)25(3)10-14-15(20)6-5-7-16(14)21/h5-7H,8-10H2,1-4H3. The summed E-state index contributed by atoms with van der Waals surface area (Å²) in [6.07, 6.45) is 2.71. The summed E-state index contributed by atoms with van der Waals surface area (Å²) in [6.45, 7) is 3.98. The van der Waals surface area contributed by atoms with E-state index in [0.29, 0.717) is 27.9 Å². The molecule has 3 aromatic rings. The molecule has 0 spiro atoms. The molecule has 0 unspecified atom stereocenters. The number of thioether (sulfide) groups is 1. The summed E-state index contributed by atoms with van der Waals surface area (Å²) in [4.78, 5) is 22.9. The molecule has 0 aliphatic rings. The molecule has 28 heavy (non-hydrogen) atoms. The van der Waals surface area contributed by atoms with Crippen molar-refractivity contribution in [3.8, 4) is 0 Å². The van der Waals surface area contributed by atoms with Crippen molar-refractivity contribution in [2.24, 2.45) is 0 Å². The number of carbonyl (C=O) groups excluding carboxylic acids is 1. The van der Waals surface area contributed by atoms with E-state index < -0.39 is 5.82 Å². The third-order valence-corrected chi connectivity index (χ3v) is 5.58. The third kappa shape index (κ3) is 4.12. The van der Waals surface area contributed by atoms with Gasteiger partial charge in [0.2, 0.25) is 11.1 Å². The minimum atomic E-state index is -0.413. The smallest absolute Gasteiger partial charge is 0.253 e. The SMILES string of the molecule is CSc1nc2nc(C)c(CCC(=O)N(C)Cc3c(F)cccc3Cl)c(C)n2n1. The van der Waals surface area contributed by atoms with E-state index in [4.69, 9.17) is 11.6 Å². The molecular weight excluding hydrogens is 401 g/mol. The van der Waals surface area contributed by atoms with Crippen LogP contribution in [0.15, 0.2) is 23.4 Å². The van der Waals surface area contributed by atoms with Crippen LogP contribution in [-0.4, -0.2) is 43.7 Å². The summed E-state index contributed by atoms with van der Waals surface area (Å²) in [5, 5.41) is 5.40. The van der Waals surface area contributed by atoms with E-state index >= 15 is 0 Å². The Bertz CT molecular complexity index is 1020. The molecule has 6 nitrogen and oxygen atoms in total. The van der Waals surface area contributed by atoms with Crippen molar-refractivity contribution in [2.75, 3.05) is 13.3 Å². The fourth-order valence-electron chi connectivity index (χ4n) is 3.07. The van der Waals surface area contributed by atoms with Crippen molar-refractivity contribution in [1.82, 2.24) is 24.5 Å². The van der Waals surface area contributed by atoms with Gasteiger partial charge in [-0.3, -0.25) is 4.79 Å². The lowest BCUT2D eigenvalue weighted by molar-refractivity contribution is -0.130. The van der Waals surface area contributed by atoms with E-state index in [1.165, 1.54) is 22.7 Å². The number of carbonyl (C=O) groups is 1. The van der Waals surface area contributed by atoms with Crippen LogP contribution in [0.2, 0.25) is 5.02 Å². The number of hydrogen-bond donors (Lipinski definition) is 0. The fraction of sp³-hybridized carbons (Fsp3) is 0.368. The van der Waals surface area contributed by atoms with E-state index in [2.05, 4.69) is 15.1 Å². The summed E-state index contributed by atoms with van der Waals surface area (Å²) in [6, 6.07) is 4.51. The molecule has 9 heteroatoms. The van der Waals surface area contributed by atoms with Gasteiger partial charge >= 0.3 is 0 Å². The number of hydrogen-bond acceptors (Lipinski definition) is 5. The molecule has 1 amide bonds. The Balaban J connectivity index is 1.73.